The van der Waals surface area contributed by atoms with Gasteiger partial charge in [-0.2, -0.15) is 0 Å². The number of rotatable bonds is 2. The van der Waals surface area contributed by atoms with Crippen LogP contribution in [0.4, 0.5) is 5.69 Å². The van der Waals surface area contributed by atoms with Gasteiger partial charge in [-0.3, -0.25) is 0 Å². The van der Waals surface area contributed by atoms with E-state index in [1.807, 2.05) is 36.4 Å². The van der Waals surface area contributed by atoms with E-state index < -0.39 is 0 Å². The van der Waals surface area contributed by atoms with Crippen molar-refractivity contribution < 1.29 is 4.42 Å². The van der Waals surface area contributed by atoms with E-state index in [0.717, 1.165) is 16.9 Å². The number of fused-ring (bicyclic) bond motifs is 3. The van der Waals surface area contributed by atoms with Crippen molar-refractivity contribution in [2.45, 2.75) is 0 Å². The summed E-state index contributed by atoms with van der Waals surface area (Å²) in [4.78, 5) is 0. The van der Waals surface area contributed by atoms with Crippen LogP contribution in [-0.2, 0) is 0 Å². The van der Waals surface area contributed by atoms with Crippen LogP contribution in [0.2, 0.25) is 10.0 Å². The summed E-state index contributed by atoms with van der Waals surface area (Å²) in [6, 6.07) is 21.6. The molecule has 4 aromatic rings. The highest BCUT2D eigenvalue weighted by molar-refractivity contribution is 6.39. The van der Waals surface area contributed by atoms with E-state index in [4.69, 9.17) is 32.9 Å². The van der Waals surface area contributed by atoms with E-state index in [-0.39, 0.29) is 0 Å². The second-order valence-electron chi connectivity index (χ2n) is 6.12. The maximum atomic E-state index is 6.29. The molecule has 0 amide bonds. The minimum atomic E-state index is 0.560. The van der Waals surface area contributed by atoms with Gasteiger partial charge in [0.1, 0.15) is 11.5 Å². The van der Waals surface area contributed by atoms with Gasteiger partial charge in [0.2, 0.25) is 0 Å². The minimum absolute atomic E-state index is 0.560. The van der Waals surface area contributed by atoms with Crippen molar-refractivity contribution in [2.24, 2.45) is 0 Å². The summed E-state index contributed by atoms with van der Waals surface area (Å²) in [5, 5.41) is 8.23. The zero-order valence-electron chi connectivity index (χ0n) is 13.5. The Hall–Kier alpha value is -2.68. The smallest absolute Gasteiger partial charge is 0.153 e. The molecule has 1 aromatic heterocycles. The molecule has 2 heterocycles. The largest absolute Gasteiger partial charge is 0.454 e. The molecule has 0 bridgehead atoms. The number of hydrogen-bond donors (Lipinski definition) is 0. The van der Waals surface area contributed by atoms with Crippen molar-refractivity contribution in [2.75, 3.05) is 0 Å². The maximum Gasteiger partial charge on any atom is 0.153 e. The number of nitrogens with zero attached hydrogens (tertiary/aromatic N) is 1. The molecule has 3 aromatic carbocycles. The van der Waals surface area contributed by atoms with Gasteiger partial charge in [0.15, 0.2) is 5.76 Å². The molecule has 1 aliphatic rings. The predicted octanol–water partition coefficient (Wildman–Crippen LogP) is 7.15. The summed E-state index contributed by atoms with van der Waals surface area (Å²) in [6.07, 6.45) is 2.06. The summed E-state index contributed by atoms with van der Waals surface area (Å²) < 4.78 is 6.03. The van der Waals surface area contributed by atoms with Crippen LogP contribution in [0.1, 0.15) is 11.3 Å². The Morgan fingerprint density at radius 2 is 1.50 bits per heavy atom. The van der Waals surface area contributed by atoms with E-state index in [9.17, 15) is 0 Å². The molecule has 125 valence electrons. The van der Waals surface area contributed by atoms with Gasteiger partial charge in [-0.1, -0.05) is 59.6 Å². The van der Waals surface area contributed by atoms with Gasteiger partial charge in [0.05, 0.1) is 21.3 Å². The molecule has 0 fully saturated rings. The number of furan rings is 1. The Morgan fingerprint density at radius 3 is 2.35 bits per heavy atom. The molecular weight excluding hydrogens is 365 g/mol. The van der Waals surface area contributed by atoms with Crippen molar-refractivity contribution in [1.29, 1.82) is 0 Å². The third kappa shape index (κ3) is 2.42. The lowest BCUT2D eigenvalue weighted by Crippen LogP contribution is -1.90. The summed E-state index contributed by atoms with van der Waals surface area (Å²) in [5.74, 6) is 1.32. The topological polar surface area (TPSA) is 27.2 Å². The van der Waals surface area contributed by atoms with Gasteiger partial charge in [-0.05, 0) is 47.2 Å². The zero-order valence-corrected chi connectivity index (χ0v) is 15.1. The SMILES string of the molecule is Clc1cccc(Cl)c1-c1ccc(C2=Cc3c(ccc4ccccc34)[N]2)o1. The second kappa shape index (κ2) is 5.94. The Kier molecular flexibility index (Phi) is 3.56. The first-order valence-corrected chi connectivity index (χ1v) is 8.96. The zero-order chi connectivity index (χ0) is 17.7. The predicted molar refractivity (Wildman–Crippen MR) is 108 cm³/mol. The van der Waals surface area contributed by atoms with Gasteiger partial charge < -0.3 is 4.42 Å². The molecule has 0 saturated heterocycles. The third-order valence-electron chi connectivity index (χ3n) is 4.54. The van der Waals surface area contributed by atoms with Gasteiger partial charge in [0.25, 0.3) is 0 Å². The average molecular weight is 377 g/mol. The Bertz CT molecular complexity index is 1170. The fourth-order valence-corrected chi connectivity index (χ4v) is 3.89. The average Bonchev–Trinajstić information content (AvgIpc) is 3.28. The lowest BCUT2D eigenvalue weighted by molar-refractivity contribution is 0.565. The van der Waals surface area contributed by atoms with Crippen molar-refractivity contribution in [3.63, 3.8) is 0 Å². The summed E-state index contributed by atoms with van der Waals surface area (Å²) >= 11 is 12.6. The maximum absolute atomic E-state index is 6.29. The molecule has 0 spiro atoms. The lowest BCUT2D eigenvalue weighted by atomic mass is 10.0. The molecule has 0 unspecified atom stereocenters. The molecule has 5 rings (SSSR count). The van der Waals surface area contributed by atoms with Crippen LogP contribution in [0.25, 0.3) is 33.9 Å². The van der Waals surface area contributed by atoms with Gasteiger partial charge in [-0.15, -0.1) is 0 Å². The van der Waals surface area contributed by atoms with Crippen molar-refractivity contribution in [3.05, 3.63) is 88.1 Å². The quantitative estimate of drug-likeness (QED) is 0.364. The minimum Gasteiger partial charge on any atom is -0.454 e. The highest BCUT2D eigenvalue weighted by Gasteiger charge is 2.21. The molecule has 1 aliphatic heterocycles. The second-order valence-corrected chi connectivity index (χ2v) is 6.94. The van der Waals surface area contributed by atoms with Crippen LogP contribution < -0.4 is 5.32 Å². The fraction of sp³-hybridized carbons (Fsp3) is 0. The third-order valence-corrected chi connectivity index (χ3v) is 5.17. The van der Waals surface area contributed by atoms with Crippen molar-refractivity contribution in [1.82, 2.24) is 5.32 Å². The monoisotopic (exact) mass is 376 g/mol. The normalized spacial score (nSPS) is 12.8. The van der Waals surface area contributed by atoms with Crippen molar-refractivity contribution >= 4 is 51.4 Å². The molecule has 0 N–H and O–H groups in total. The first-order valence-electron chi connectivity index (χ1n) is 8.20. The van der Waals surface area contributed by atoms with Crippen LogP contribution in [0.3, 0.4) is 0 Å². The summed E-state index contributed by atoms with van der Waals surface area (Å²) in [7, 11) is 0. The highest BCUT2D eigenvalue weighted by Crippen LogP contribution is 2.40. The van der Waals surface area contributed by atoms with Crippen LogP contribution in [-0.4, -0.2) is 0 Å². The van der Waals surface area contributed by atoms with E-state index in [1.54, 1.807) is 12.1 Å². The molecule has 2 nitrogen and oxygen atoms in total. The number of halogens is 2. The van der Waals surface area contributed by atoms with E-state index in [0.29, 0.717) is 27.1 Å². The van der Waals surface area contributed by atoms with E-state index >= 15 is 0 Å². The summed E-state index contributed by atoms with van der Waals surface area (Å²) in [6.45, 7) is 0. The van der Waals surface area contributed by atoms with Gasteiger partial charge in [-0.25, -0.2) is 5.32 Å². The number of hydrogen-bond acceptors (Lipinski definition) is 1. The molecule has 0 saturated carbocycles. The molecule has 0 aliphatic carbocycles. The van der Waals surface area contributed by atoms with E-state index in [1.165, 1.54) is 10.8 Å². The summed E-state index contributed by atoms with van der Waals surface area (Å²) in [5.41, 5.74) is 3.56. The lowest BCUT2D eigenvalue weighted by Gasteiger charge is -2.04. The fourth-order valence-electron chi connectivity index (χ4n) is 3.30. The van der Waals surface area contributed by atoms with Crippen molar-refractivity contribution in [3.8, 4) is 11.3 Å². The number of benzene rings is 3. The highest BCUT2D eigenvalue weighted by atomic mass is 35.5. The van der Waals surface area contributed by atoms with Crippen LogP contribution in [0, 0.1) is 0 Å². The molecule has 4 heteroatoms. The van der Waals surface area contributed by atoms with Crippen LogP contribution >= 0.6 is 23.2 Å². The Balaban J connectivity index is 1.58. The van der Waals surface area contributed by atoms with Gasteiger partial charge >= 0.3 is 0 Å². The van der Waals surface area contributed by atoms with Crippen LogP contribution in [0.15, 0.2) is 71.1 Å². The standard InChI is InChI=1S/C22H12Cl2NO/c23-16-6-3-7-17(24)22(16)21-11-10-20(26-21)19-12-15-14-5-2-1-4-13(14)8-9-18(15)25-19/h1-12H. The molecule has 26 heavy (non-hydrogen) atoms. The first kappa shape index (κ1) is 15.6. The molecular formula is C22H12Cl2NO. The first-order chi connectivity index (χ1) is 12.7. The van der Waals surface area contributed by atoms with Crippen LogP contribution in [0.5, 0.6) is 0 Å². The van der Waals surface area contributed by atoms with Gasteiger partial charge in [0, 0.05) is 5.56 Å². The van der Waals surface area contributed by atoms with E-state index in [2.05, 4.69) is 24.3 Å². The molecule has 1 radical (unpaired) electrons. The Morgan fingerprint density at radius 1 is 0.731 bits per heavy atom. The molecule has 0 atom stereocenters. The Labute approximate surface area is 160 Å².